The van der Waals surface area contributed by atoms with Gasteiger partial charge in [-0.15, -0.1) is 0 Å². The average Bonchev–Trinajstić information content (AvgIpc) is 2.77. The van der Waals surface area contributed by atoms with Crippen LogP contribution in [0.15, 0.2) is 70.5 Å². The summed E-state index contributed by atoms with van der Waals surface area (Å²) in [7, 11) is 0. The van der Waals surface area contributed by atoms with Gasteiger partial charge in [-0.05, 0) is 42.5 Å². The minimum atomic E-state index is -0.119. The molecular weight excluding hydrogens is 374 g/mol. The zero-order valence-corrected chi connectivity index (χ0v) is 17.1. The highest BCUT2D eigenvalue weighted by molar-refractivity contribution is 5.91. The van der Waals surface area contributed by atoms with Gasteiger partial charge < -0.3 is 9.13 Å². The molecule has 1 fully saturated rings. The van der Waals surface area contributed by atoms with Crippen LogP contribution in [0.1, 0.15) is 44.2 Å². The molecule has 3 heterocycles. The molecular formula is C25H25N3O2. The summed E-state index contributed by atoms with van der Waals surface area (Å²) in [5, 5.41) is 1.02. The van der Waals surface area contributed by atoms with Crippen molar-refractivity contribution in [1.82, 2.24) is 14.1 Å². The second-order valence-corrected chi connectivity index (χ2v) is 8.45. The Morgan fingerprint density at radius 3 is 2.37 bits per heavy atom. The number of hydrogen-bond acceptors (Lipinski definition) is 3. The van der Waals surface area contributed by atoms with Crippen LogP contribution in [-0.4, -0.2) is 14.1 Å². The van der Waals surface area contributed by atoms with Gasteiger partial charge in [-0.1, -0.05) is 50.1 Å². The van der Waals surface area contributed by atoms with Crippen molar-refractivity contribution in [2.45, 2.75) is 45.2 Å². The first-order chi connectivity index (χ1) is 14.6. The topological polar surface area (TPSA) is 56.9 Å². The van der Waals surface area contributed by atoms with Crippen LogP contribution < -0.4 is 11.1 Å². The summed E-state index contributed by atoms with van der Waals surface area (Å²) in [5.74, 6) is 0.477. The minimum absolute atomic E-state index is 0.0430. The Morgan fingerprint density at radius 1 is 0.900 bits per heavy atom. The maximum absolute atomic E-state index is 13.3. The van der Waals surface area contributed by atoms with Gasteiger partial charge in [0.05, 0.1) is 28.4 Å². The molecule has 1 aliphatic carbocycles. The predicted octanol–water partition coefficient (Wildman–Crippen LogP) is 4.51. The van der Waals surface area contributed by atoms with Crippen molar-refractivity contribution in [2.24, 2.45) is 5.92 Å². The number of benzene rings is 1. The molecule has 152 valence electrons. The molecule has 2 atom stereocenters. The van der Waals surface area contributed by atoms with Gasteiger partial charge in [-0.3, -0.25) is 9.59 Å². The van der Waals surface area contributed by atoms with Crippen molar-refractivity contribution >= 4 is 21.8 Å². The first-order valence-corrected chi connectivity index (χ1v) is 10.7. The molecule has 1 aliphatic rings. The summed E-state index contributed by atoms with van der Waals surface area (Å²) >= 11 is 0. The van der Waals surface area contributed by atoms with Crippen LogP contribution in [0.5, 0.6) is 0 Å². The fourth-order valence-corrected chi connectivity index (χ4v) is 4.76. The van der Waals surface area contributed by atoms with E-state index in [0.717, 1.165) is 24.8 Å². The highest BCUT2D eigenvalue weighted by Crippen LogP contribution is 2.32. The lowest BCUT2D eigenvalue weighted by molar-refractivity contribution is 0.253. The van der Waals surface area contributed by atoms with E-state index in [4.69, 9.17) is 0 Å². The molecule has 0 N–H and O–H groups in total. The summed E-state index contributed by atoms with van der Waals surface area (Å²) in [5.41, 5.74) is 2.17. The Hall–Kier alpha value is -3.21. The molecule has 0 amide bonds. The third-order valence-corrected chi connectivity index (χ3v) is 6.46. The zero-order chi connectivity index (χ0) is 20.7. The maximum Gasteiger partial charge on any atom is 0.260 e. The van der Waals surface area contributed by atoms with Crippen molar-refractivity contribution in [3.8, 4) is 0 Å². The van der Waals surface area contributed by atoms with E-state index in [0.29, 0.717) is 34.3 Å². The van der Waals surface area contributed by atoms with Gasteiger partial charge in [0.25, 0.3) is 11.1 Å². The Balaban J connectivity index is 1.64. The number of aromatic nitrogens is 3. The number of rotatable bonds is 3. The largest absolute Gasteiger partial charge is 0.312 e. The lowest BCUT2D eigenvalue weighted by Gasteiger charge is -2.30. The second-order valence-electron chi connectivity index (χ2n) is 8.45. The van der Waals surface area contributed by atoms with Gasteiger partial charge >= 0.3 is 0 Å². The molecule has 1 saturated carbocycles. The third kappa shape index (κ3) is 3.24. The SMILES string of the molecule is C[C@@H]1CCCC[C@H]1n1ccc2nc3ccn(Cc4ccccc4)c(=O)c3cc2c1=O. The Kier molecular flexibility index (Phi) is 4.74. The zero-order valence-electron chi connectivity index (χ0n) is 17.1. The normalized spacial score (nSPS) is 19.4. The van der Waals surface area contributed by atoms with E-state index in [1.165, 1.54) is 6.42 Å². The molecule has 5 nitrogen and oxygen atoms in total. The van der Waals surface area contributed by atoms with Gasteiger partial charge in [0.1, 0.15) is 0 Å². The van der Waals surface area contributed by atoms with Crippen molar-refractivity contribution in [3.63, 3.8) is 0 Å². The molecule has 0 bridgehead atoms. The molecule has 0 saturated heterocycles. The Bertz CT molecular complexity index is 1340. The van der Waals surface area contributed by atoms with Gasteiger partial charge in [-0.2, -0.15) is 0 Å². The minimum Gasteiger partial charge on any atom is -0.312 e. The summed E-state index contributed by atoms with van der Waals surface area (Å²) in [4.78, 5) is 31.1. The van der Waals surface area contributed by atoms with Crippen LogP contribution in [0.25, 0.3) is 21.8 Å². The molecule has 3 aromatic heterocycles. The van der Waals surface area contributed by atoms with Crippen molar-refractivity contribution in [2.75, 3.05) is 0 Å². The second kappa shape index (κ2) is 7.56. The van der Waals surface area contributed by atoms with Gasteiger partial charge in [0.2, 0.25) is 0 Å². The summed E-state index contributed by atoms with van der Waals surface area (Å²) in [6, 6.07) is 15.6. The summed E-state index contributed by atoms with van der Waals surface area (Å²) in [6.07, 6.45) is 8.22. The molecule has 0 radical (unpaired) electrons. The van der Waals surface area contributed by atoms with Crippen LogP contribution >= 0.6 is 0 Å². The fraction of sp³-hybridized carbons (Fsp3) is 0.320. The van der Waals surface area contributed by atoms with E-state index in [2.05, 4.69) is 11.9 Å². The lowest BCUT2D eigenvalue weighted by atomic mass is 9.85. The standard InChI is InChI=1S/C25H25N3O2/c1-17-7-5-6-10-23(17)28-14-12-22-20(25(28)30)15-19-21(26-22)11-13-27(24(19)29)16-18-8-3-2-4-9-18/h2-4,8-9,11-15,17,23H,5-7,10,16H2,1H3/t17-,23-/m1/s1. The van der Waals surface area contributed by atoms with Gasteiger partial charge in [0, 0.05) is 18.4 Å². The highest BCUT2D eigenvalue weighted by Gasteiger charge is 2.24. The van der Waals surface area contributed by atoms with E-state index in [-0.39, 0.29) is 17.2 Å². The Morgan fingerprint density at radius 2 is 1.60 bits per heavy atom. The van der Waals surface area contributed by atoms with Crippen LogP contribution in [0.3, 0.4) is 0 Å². The van der Waals surface area contributed by atoms with Crippen LogP contribution in [0, 0.1) is 5.92 Å². The first-order valence-electron chi connectivity index (χ1n) is 10.7. The van der Waals surface area contributed by atoms with E-state index in [9.17, 15) is 9.59 Å². The maximum atomic E-state index is 13.3. The average molecular weight is 399 g/mol. The van der Waals surface area contributed by atoms with Crippen LogP contribution in [-0.2, 0) is 6.54 Å². The predicted molar refractivity (Wildman–Crippen MR) is 120 cm³/mol. The first kappa shape index (κ1) is 18.8. The molecule has 0 spiro atoms. The number of pyridine rings is 3. The van der Waals surface area contributed by atoms with E-state index >= 15 is 0 Å². The van der Waals surface area contributed by atoms with E-state index < -0.39 is 0 Å². The smallest absolute Gasteiger partial charge is 0.260 e. The Labute approximate surface area is 174 Å². The number of nitrogens with zero attached hydrogens (tertiary/aromatic N) is 3. The third-order valence-electron chi connectivity index (χ3n) is 6.46. The highest BCUT2D eigenvalue weighted by atomic mass is 16.1. The number of fused-ring (bicyclic) bond motifs is 2. The molecule has 5 rings (SSSR count). The number of hydrogen-bond donors (Lipinski definition) is 0. The molecule has 4 aromatic rings. The van der Waals surface area contributed by atoms with Crippen LogP contribution in [0.2, 0.25) is 0 Å². The van der Waals surface area contributed by atoms with Crippen molar-refractivity contribution in [1.29, 1.82) is 0 Å². The van der Waals surface area contributed by atoms with Crippen LogP contribution in [0.4, 0.5) is 0 Å². The molecule has 0 unspecified atom stereocenters. The van der Waals surface area contributed by atoms with Crippen molar-refractivity contribution in [3.05, 3.63) is 87.2 Å². The molecule has 5 heteroatoms. The van der Waals surface area contributed by atoms with E-state index in [1.54, 1.807) is 16.8 Å². The van der Waals surface area contributed by atoms with Gasteiger partial charge in [0.15, 0.2) is 0 Å². The van der Waals surface area contributed by atoms with Crippen molar-refractivity contribution < 1.29 is 0 Å². The summed E-state index contributed by atoms with van der Waals surface area (Å²) in [6.45, 7) is 2.72. The fourth-order valence-electron chi connectivity index (χ4n) is 4.76. The molecule has 1 aromatic carbocycles. The quantitative estimate of drug-likeness (QED) is 0.476. The van der Waals surface area contributed by atoms with E-state index in [1.807, 2.05) is 53.2 Å². The monoisotopic (exact) mass is 399 g/mol. The molecule has 30 heavy (non-hydrogen) atoms. The lowest BCUT2D eigenvalue weighted by Crippen LogP contribution is -2.30. The van der Waals surface area contributed by atoms with Gasteiger partial charge in [-0.25, -0.2) is 4.98 Å². The summed E-state index contributed by atoms with van der Waals surface area (Å²) < 4.78 is 3.54. The molecule has 0 aliphatic heterocycles.